The van der Waals surface area contributed by atoms with Crippen molar-refractivity contribution in [2.24, 2.45) is 5.73 Å². The number of hydrogen-bond acceptors (Lipinski definition) is 3. The van der Waals surface area contributed by atoms with Crippen molar-refractivity contribution in [1.82, 2.24) is 0 Å². The highest BCUT2D eigenvalue weighted by molar-refractivity contribution is 5.50. The zero-order chi connectivity index (χ0) is 12.5. The molecule has 1 atom stereocenters. The Morgan fingerprint density at radius 1 is 1.29 bits per heavy atom. The van der Waals surface area contributed by atoms with E-state index >= 15 is 0 Å². The second-order valence-electron chi connectivity index (χ2n) is 5.40. The molecule has 1 saturated heterocycles. The third-order valence-corrected chi connectivity index (χ3v) is 3.38. The van der Waals surface area contributed by atoms with Crippen molar-refractivity contribution in [2.45, 2.75) is 32.4 Å². The number of ether oxygens (including phenoxy) is 1. The molecule has 2 rings (SSSR count). The highest BCUT2D eigenvalue weighted by atomic mass is 16.5. The Morgan fingerprint density at radius 3 is 2.47 bits per heavy atom. The van der Waals surface area contributed by atoms with Crippen molar-refractivity contribution in [2.75, 3.05) is 24.7 Å². The molecular formula is C14H22N2O. The summed E-state index contributed by atoms with van der Waals surface area (Å²) in [5, 5.41) is 0. The molecule has 0 spiro atoms. The largest absolute Gasteiger partial charge is 0.377 e. The maximum absolute atomic E-state index is 5.86. The smallest absolute Gasteiger partial charge is 0.0694 e. The van der Waals surface area contributed by atoms with Crippen LogP contribution in [0.4, 0.5) is 5.69 Å². The monoisotopic (exact) mass is 234 g/mol. The van der Waals surface area contributed by atoms with Crippen molar-refractivity contribution in [3.05, 3.63) is 29.8 Å². The SMILES string of the molecule is C[C@H](N)c1ccc(N2CCOCC2(C)C)cc1. The van der Waals surface area contributed by atoms with Gasteiger partial charge in [-0.1, -0.05) is 12.1 Å². The Kier molecular flexibility index (Phi) is 3.40. The van der Waals surface area contributed by atoms with Gasteiger partial charge < -0.3 is 15.4 Å². The highest BCUT2D eigenvalue weighted by Crippen LogP contribution is 2.27. The summed E-state index contributed by atoms with van der Waals surface area (Å²) in [6.45, 7) is 8.97. The van der Waals surface area contributed by atoms with Crippen molar-refractivity contribution in [1.29, 1.82) is 0 Å². The van der Waals surface area contributed by atoms with Crippen LogP contribution in [0.3, 0.4) is 0 Å². The fraction of sp³-hybridized carbons (Fsp3) is 0.571. The molecule has 1 heterocycles. The van der Waals surface area contributed by atoms with E-state index in [1.54, 1.807) is 0 Å². The number of morpholine rings is 1. The zero-order valence-corrected chi connectivity index (χ0v) is 10.9. The molecule has 0 aromatic heterocycles. The lowest BCUT2D eigenvalue weighted by Gasteiger charge is -2.43. The molecule has 3 nitrogen and oxygen atoms in total. The topological polar surface area (TPSA) is 38.5 Å². The third-order valence-electron chi connectivity index (χ3n) is 3.38. The first-order chi connectivity index (χ1) is 8.00. The van der Waals surface area contributed by atoms with Crippen LogP contribution < -0.4 is 10.6 Å². The number of benzene rings is 1. The fourth-order valence-corrected chi connectivity index (χ4v) is 2.29. The van der Waals surface area contributed by atoms with Crippen LogP contribution in [0, 0.1) is 0 Å². The minimum atomic E-state index is 0.0636. The van der Waals surface area contributed by atoms with Crippen molar-refractivity contribution < 1.29 is 4.74 Å². The quantitative estimate of drug-likeness (QED) is 0.853. The third kappa shape index (κ3) is 2.61. The van der Waals surface area contributed by atoms with Gasteiger partial charge in [0.05, 0.1) is 18.8 Å². The van der Waals surface area contributed by atoms with Crippen molar-refractivity contribution in [3.63, 3.8) is 0 Å². The molecule has 1 aliphatic rings. The average molecular weight is 234 g/mol. The standard InChI is InChI=1S/C14H22N2O/c1-11(15)12-4-6-13(7-5-12)16-8-9-17-10-14(16,2)3/h4-7,11H,8-10,15H2,1-3H3/t11-/m0/s1. The molecule has 0 amide bonds. The minimum Gasteiger partial charge on any atom is -0.377 e. The minimum absolute atomic E-state index is 0.0636. The van der Waals surface area contributed by atoms with Gasteiger partial charge in [0.15, 0.2) is 0 Å². The first-order valence-corrected chi connectivity index (χ1v) is 6.22. The Morgan fingerprint density at radius 2 is 1.94 bits per heavy atom. The van der Waals surface area contributed by atoms with E-state index in [9.17, 15) is 0 Å². The zero-order valence-electron chi connectivity index (χ0n) is 10.9. The van der Waals surface area contributed by atoms with Gasteiger partial charge in [0.1, 0.15) is 0 Å². The predicted molar refractivity (Wildman–Crippen MR) is 71.3 cm³/mol. The van der Waals surface area contributed by atoms with Crippen LogP contribution in [0.15, 0.2) is 24.3 Å². The molecule has 0 saturated carbocycles. The molecular weight excluding hydrogens is 212 g/mol. The van der Waals surface area contributed by atoms with Gasteiger partial charge in [-0.25, -0.2) is 0 Å². The van der Waals surface area contributed by atoms with Gasteiger partial charge in [0, 0.05) is 18.3 Å². The molecule has 1 aromatic rings. The number of anilines is 1. The normalized spacial score (nSPS) is 21.3. The molecule has 3 heteroatoms. The van der Waals surface area contributed by atoms with Crippen LogP contribution in [0.25, 0.3) is 0 Å². The number of hydrogen-bond donors (Lipinski definition) is 1. The number of rotatable bonds is 2. The van der Waals surface area contributed by atoms with Gasteiger partial charge in [0.25, 0.3) is 0 Å². The fourth-order valence-electron chi connectivity index (χ4n) is 2.29. The highest BCUT2D eigenvalue weighted by Gasteiger charge is 2.30. The van der Waals surface area contributed by atoms with Gasteiger partial charge >= 0.3 is 0 Å². The summed E-state index contributed by atoms with van der Waals surface area (Å²) in [5.41, 5.74) is 8.36. The molecule has 2 N–H and O–H groups in total. The molecule has 1 aliphatic heterocycles. The summed E-state index contributed by atoms with van der Waals surface area (Å²) in [5.74, 6) is 0. The Bertz CT molecular complexity index is 370. The summed E-state index contributed by atoms with van der Waals surface area (Å²) >= 11 is 0. The second kappa shape index (κ2) is 4.67. The van der Waals surface area contributed by atoms with Gasteiger partial charge in [-0.15, -0.1) is 0 Å². The molecule has 1 aromatic carbocycles. The molecule has 0 radical (unpaired) electrons. The molecule has 17 heavy (non-hydrogen) atoms. The first-order valence-electron chi connectivity index (χ1n) is 6.22. The lowest BCUT2D eigenvalue weighted by atomic mass is 10.0. The van der Waals surface area contributed by atoms with E-state index in [0.717, 1.165) is 19.8 Å². The number of nitrogens with zero attached hydrogens (tertiary/aromatic N) is 1. The lowest BCUT2D eigenvalue weighted by Crippen LogP contribution is -2.53. The summed E-state index contributed by atoms with van der Waals surface area (Å²) in [6.07, 6.45) is 0. The van der Waals surface area contributed by atoms with Gasteiger partial charge in [0.2, 0.25) is 0 Å². The number of nitrogens with two attached hydrogens (primary N) is 1. The van der Waals surface area contributed by atoms with Crippen LogP contribution in [0.5, 0.6) is 0 Å². The Labute approximate surface area is 104 Å². The van der Waals surface area contributed by atoms with E-state index in [4.69, 9.17) is 10.5 Å². The van der Waals surface area contributed by atoms with Gasteiger partial charge in [-0.2, -0.15) is 0 Å². The lowest BCUT2D eigenvalue weighted by molar-refractivity contribution is 0.0644. The summed E-state index contributed by atoms with van der Waals surface area (Å²) in [7, 11) is 0. The maximum atomic E-state index is 5.86. The van der Waals surface area contributed by atoms with Crippen LogP contribution in [-0.2, 0) is 4.74 Å². The molecule has 1 fully saturated rings. The van der Waals surface area contributed by atoms with Gasteiger partial charge in [-0.05, 0) is 38.5 Å². The molecule has 0 aliphatic carbocycles. The van der Waals surface area contributed by atoms with Crippen LogP contribution in [0.2, 0.25) is 0 Å². The molecule has 0 bridgehead atoms. The van der Waals surface area contributed by atoms with Crippen molar-refractivity contribution in [3.8, 4) is 0 Å². The van der Waals surface area contributed by atoms with Crippen LogP contribution in [-0.4, -0.2) is 25.3 Å². The summed E-state index contributed by atoms with van der Waals surface area (Å²) in [4.78, 5) is 2.40. The van der Waals surface area contributed by atoms with E-state index in [1.165, 1.54) is 11.3 Å². The summed E-state index contributed by atoms with van der Waals surface area (Å²) in [6, 6.07) is 8.65. The van der Waals surface area contributed by atoms with E-state index in [-0.39, 0.29) is 11.6 Å². The van der Waals surface area contributed by atoms with E-state index in [0.29, 0.717) is 0 Å². The maximum Gasteiger partial charge on any atom is 0.0694 e. The molecule has 94 valence electrons. The van der Waals surface area contributed by atoms with E-state index < -0.39 is 0 Å². The first kappa shape index (κ1) is 12.4. The predicted octanol–water partition coefficient (Wildman–Crippen LogP) is 2.32. The molecule has 0 unspecified atom stereocenters. The summed E-state index contributed by atoms with van der Waals surface area (Å²) < 4.78 is 5.54. The van der Waals surface area contributed by atoms with E-state index in [1.807, 2.05) is 6.92 Å². The second-order valence-corrected chi connectivity index (χ2v) is 5.40. The Balaban J connectivity index is 2.21. The Hall–Kier alpha value is -1.06. The van der Waals surface area contributed by atoms with Gasteiger partial charge in [-0.3, -0.25) is 0 Å². The van der Waals surface area contributed by atoms with E-state index in [2.05, 4.69) is 43.0 Å². The van der Waals surface area contributed by atoms with Crippen molar-refractivity contribution >= 4 is 5.69 Å². The van der Waals surface area contributed by atoms with Crippen LogP contribution >= 0.6 is 0 Å². The van der Waals surface area contributed by atoms with Crippen LogP contribution in [0.1, 0.15) is 32.4 Å². The average Bonchev–Trinajstić information content (AvgIpc) is 2.28.